The van der Waals surface area contributed by atoms with Gasteiger partial charge in [-0.05, 0) is 34.1 Å². The first-order valence-corrected chi connectivity index (χ1v) is 10.2. The van der Waals surface area contributed by atoms with Crippen LogP contribution in [0.5, 0.6) is 0 Å². The van der Waals surface area contributed by atoms with Crippen LogP contribution in [-0.2, 0) is 16.4 Å². The van der Waals surface area contributed by atoms with Gasteiger partial charge in [-0.2, -0.15) is 5.10 Å². The van der Waals surface area contributed by atoms with Crippen molar-refractivity contribution in [1.82, 2.24) is 19.5 Å². The molecular formula is C12H11BrN4O2S3. The Balaban J connectivity index is 1.59. The maximum atomic E-state index is 12.1. The molecule has 0 bridgehead atoms. The molecule has 22 heavy (non-hydrogen) atoms. The highest BCUT2D eigenvalue weighted by molar-refractivity contribution is 9.11. The Morgan fingerprint density at radius 2 is 2.23 bits per heavy atom. The normalized spacial score (nSPS) is 11.9. The number of thiophene rings is 1. The highest BCUT2D eigenvalue weighted by Crippen LogP contribution is 2.25. The Morgan fingerprint density at radius 3 is 2.91 bits per heavy atom. The Bertz CT molecular complexity index is 855. The van der Waals surface area contributed by atoms with Gasteiger partial charge >= 0.3 is 0 Å². The van der Waals surface area contributed by atoms with Gasteiger partial charge in [0.05, 0.1) is 9.48 Å². The summed E-state index contributed by atoms with van der Waals surface area (Å²) in [7, 11) is -3.45. The second-order valence-electron chi connectivity index (χ2n) is 4.28. The van der Waals surface area contributed by atoms with E-state index in [9.17, 15) is 8.42 Å². The summed E-state index contributed by atoms with van der Waals surface area (Å²) >= 11 is 5.92. The molecule has 3 rings (SSSR count). The standard InChI is InChI=1S/C12H11BrN4O2S3/c13-10-2-3-11(21-10)22(18,19)15-6-4-9-8-20-12(16-9)17-7-1-5-14-17/h1-3,5,7-8,15H,4,6H2. The highest BCUT2D eigenvalue weighted by Gasteiger charge is 2.16. The van der Waals surface area contributed by atoms with E-state index in [1.807, 2.05) is 17.6 Å². The van der Waals surface area contributed by atoms with Crippen molar-refractivity contribution in [3.63, 3.8) is 0 Å². The van der Waals surface area contributed by atoms with Crippen molar-refractivity contribution in [2.75, 3.05) is 6.54 Å². The molecule has 0 saturated heterocycles. The minimum absolute atomic E-state index is 0.301. The molecule has 0 aromatic carbocycles. The lowest BCUT2D eigenvalue weighted by atomic mass is 10.3. The minimum Gasteiger partial charge on any atom is -0.223 e. The van der Waals surface area contributed by atoms with Crippen molar-refractivity contribution in [2.24, 2.45) is 0 Å². The summed E-state index contributed by atoms with van der Waals surface area (Å²) in [6.07, 6.45) is 4.04. The second-order valence-corrected chi connectivity index (χ2v) is 9.57. The molecule has 10 heteroatoms. The first-order valence-electron chi connectivity index (χ1n) is 6.24. The summed E-state index contributed by atoms with van der Waals surface area (Å²) in [4.78, 5) is 4.43. The van der Waals surface area contributed by atoms with Gasteiger partial charge in [0.25, 0.3) is 0 Å². The molecule has 3 aromatic heterocycles. The Morgan fingerprint density at radius 1 is 1.36 bits per heavy atom. The average Bonchev–Trinajstić information content (AvgIpc) is 3.18. The van der Waals surface area contributed by atoms with E-state index in [4.69, 9.17) is 0 Å². The van der Waals surface area contributed by atoms with Gasteiger partial charge in [-0.1, -0.05) is 0 Å². The van der Waals surface area contributed by atoms with Gasteiger partial charge in [0, 0.05) is 30.7 Å². The van der Waals surface area contributed by atoms with Crippen LogP contribution in [-0.4, -0.2) is 29.7 Å². The van der Waals surface area contributed by atoms with Crippen molar-refractivity contribution >= 4 is 48.6 Å². The molecule has 0 radical (unpaired) electrons. The van der Waals surface area contributed by atoms with E-state index in [2.05, 4.69) is 30.7 Å². The van der Waals surface area contributed by atoms with E-state index < -0.39 is 10.0 Å². The zero-order valence-corrected chi connectivity index (χ0v) is 15.2. The SMILES string of the molecule is O=S(=O)(NCCc1csc(-n2cccn2)n1)c1ccc(Br)s1. The molecule has 0 fully saturated rings. The fraction of sp³-hybridized carbons (Fsp3) is 0.167. The second kappa shape index (κ2) is 6.59. The number of halogens is 1. The number of thiazole rings is 1. The first kappa shape index (κ1) is 15.8. The van der Waals surface area contributed by atoms with Crippen LogP contribution in [0, 0.1) is 0 Å². The topological polar surface area (TPSA) is 76.9 Å². The van der Waals surface area contributed by atoms with Gasteiger partial charge in [0.2, 0.25) is 15.2 Å². The van der Waals surface area contributed by atoms with Crippen molar-refractivity contribution in [3.8, 4) is 5.13 Å². The summed E-state index contributed by atoms with van der Waals surface area (Å²) < 4.78 is 29.5. The van der Waals surface area contributed by atoms with Gasteiger partial charge in [-0.25, -0.2) is 22.8 Å². The summed E-state index contributed by atoms with van der Waals surface area (Å²) in [5.41, 5.74) is 0.838. The molecule has 3 heterocycles. The van der Waals surface area contributed by atoms with E-state index >= 15 is 0 Å². The van der Waals surface area contributed by atoms with Crippen LogP contribution in [0.4, 0.5) is 0 Å². The third-order valence-corrected chi connectivity index (χ3v) is 7.18. The third-order valence-electron chi connectivity index (χ3n) is 2.73. The lowest BCUT2D eigenvalue weighted by Crippen LogP contribution is -2.25. The predicted molar refractivity (Wildman–Crippen MR) is 90.1 cm³/mol. The zero-order valence-electron chi connectivity index (χ0n) is 11.1. The molecule has 0 aliphatic carbocycles. The van der Waals surface area contributed by atoms with Gasteiger partial charge in [-0.3, -0.25) is 0 Å². The number of nitrogens with one attached hydrogen (secondary N) is 1. The molecule has 0 atom stereocenters. The molecule has 0 unspecified atom stereocenters. The largest absolute Gasteiger partial charge is 0.250 e. The first-order chi connectivity index (χ1) is 10.5. The predicted octanol–water partition coefficient (Wildman–Crippen LogP) is 2.67. The molecule has 6 nitrogen and oxygen atoms in total. The third kappa shape index (κ3) is 3.63. The number of hydrogen-bond acceptors (Lipinski definition) is 6. The number of sulfonamides is 1. The van der Waals surface area contributed by atoms with Crippen LogP contribution in [0.25, 0.3) is 5.13 Å². The smallest absolute Gasteiger partial charge is 0.223 e. The minimum atomic E-state index is -3.45. The van der Waals surface area contributed by atoms with E-state index in [1.54, 1.807) is 23.0 Å². The monoisotopic (exact) mass is 418 g/mol. The van der Waals surface area contributed by atoms with Crippen molar-refractivity contribution in [2.45, 2.75) is 10.6 Å². The molecule has 1 N–H and O–H groups in total. The summed E-state index contributed by atoms with van der Waals surface area (Å²) in [5.74, 6) is 0. The van der Waals surface area contributed by atoms with E-state index in [-0.39, 0.29) is 0 Å². The Kier molecular flexibility index (Phi) is 4.73. The van der Waals surface area contributed by atoms with Crippen LogP contribution < -0.4 is 4.72 Å². The Hall–Kier alpha value is -1.07. The fourth-order valence-corrected chi connectivity index (χ4v) is 5.61. The molecule has 0 saturated carbocycles. The Labute approximate surface area is 144 Å². The molecule has 0 spiro atoms. The highest BCUT2D eigenvalue weighted by atomic mass is 79.9. The maximum absolute atomic E-state index is 12.1. The van der Waals surface area contributed by atoms with Crippen LogP contribution in [0.3, 0.4) is 0 Å². The average molecular weight is 419 g/mol. The molecule has 3 aromatic rings. The molecule has 0 amide bonds. The zero-order chi connectivity index (χ0) is 15.6. The van der Waals surface area contributed by atoms with Crippen molar-refractivity contribution < 1.29 is 8.42 Å². The summed E-state index contributed by atoms with van der Waals surface area (Å²) in [6, 6.07) is 5.13. The van der Waals surface area contributed by atoms with Crippen molar-refractivity contribution in [1.29, 1.82) is 0 Å². The number of rotatable bonds is 6. The molecule has 116 valence electrons. The quantitative estimate of drug-likeness (QED) is 0.667. The lowest BCUT2D eigenvalue weighted by Gasteiger charge is -2.03. The van der Waals surface area contributed by atoms with Crippen molar-refractivity contribution in [3.05, 3.63) is 45.5 Å². The molecular weight excluding hydrogens is 408 g/mol. The van der Waals surface area contributed by atoms with E-state index in [0.717, 1.165) is 14.6 Å². The number of hydrogen-bond donors (Lipinski definition) is 1. The van der Waals surface area contributed by atoms with Gasteiger partial charge in [0.15, 0.2) is 0 Å². The molecule has 0 aliphatic heterocycles. The lowest BCUT2D eigenvalue weighted by molar-refractivity contribution is 0.583. The molecule has 0 aliphatic rings. The summed E-state index contributed by atoms with van der Waals surface area (Å²) in [6.45, 7) is 0.306. The van der Waals surface area contributed by atoms with E-state index in [0.29, 0.717) is 17.2 Å². The fourth-order valence-electron chi connectivity index (χ4n) is 1.73. The van der Waals surface area contributed by atoms with Crippen LogP contribution in [0.1, 0.15) is 5.69 Å². The van der Waals surface area contributed by atoms with Gasteiger partial charge in [-0.15, -0.1) is 22.7 Å². The summed E-state index contributed by atoms with van der Waals surface area (Å²) in [5, 5.41) is 6.79. The van der Waals surface area contributed by atoms with Crippen LogP contribution in [0.15, 0.2) is 44.0 Å². The maximum Gasteiger partial charge on any atom is 0.250 e. The number of nitrogens with zero attached hydrogens (tertiary/aromatic N) is 3. The van der Waals surface area contributed by atoms with Gasteiger partial charge < -0.3 is 0 Å². The van der Waals surface area contributed by atoms with Crippen LogP contribution >= 0.6 is 38.6 Å². The van der Waals surface area contributed by atoms with E-state index in [1.165, 1.54) is 22.7 Å². The van der Waals surface area contributed by atoms with Gasteiger partial charge in [0.1, 0.15) is 4.21 Å². The number of aromatic nitrogens is 3. The van der Waals surface area contributed by atoms with Crippen LogP contribution in [0.2, 0.25) is 0 Å².